The van der Waals surface area contributed by atoms with Crippen LogP contribution in [0.15, 0.2) is 146 Å². The summed E-state index contributed by atoms with van der Waals surface area (Å²) in [4.78, 5) is 0. The van der Waals surface area contributed by atoms with Crippen LogP contribution < -0.4 is 18.9 Å². The Balaban J connectivity index is 1.54. The lowest BCUT2D eigenvalue weighted by Crippen LogP contribution is -2.05. The normalized spacial score (nSPS) is 10.6. The number of nitriles is 2. The molecule has 0 N–H and O–H groups in total. The number of hydrogen-bond donors (Lipinski definition) is 0. The molecule has 0 heterocycles. The van der Waals surface area contributed by atoms with E-state index in [0.29, 0.717) is 23.3 Å². The van der Waals surface area contributed by atoms with Gasteiger partial charge in [-0.3, -0.25) is 0 Å². The van der Waals surface area contributed by atoms with Crippen LogP contribution in [0.4, 0.5) is 17.6 Å². The maximum atomic E-state index is 15.4. The lowest BCUT2D eigenvalue weighted by molar-refractivity contribution is 0.349. The molecule has 7 rings (SSSR count). The van der Waals surface area contributed by atoms with Crippen molar-refractivity contribution in [2.24, 2.45) is 0 Å². The van der Waals surface area contributed by atoms with Gasteiger partial charge in [0, 0.05) is 23.3 Å². The molecule has 0 amide bonds. The molecule has 10 heteroatoms. The first-order chi connectivity index (χ1) is 26.3. The van der Waals surface area contributed by atoms with E-state index in [1.807, 2.05) is 72.8 Å². The highest BCUT2D eigenvalue weighted by Gasteiger charge is 2.33. The molecule has 0 radical (unpaired) electrons. The van der Waals surface area contributed by atoms with Crippen LogP contribution in [0, 0.1) is 45.9 Å². The molecule has 0 bridgehead atoms. The van der Waals surface area contributed by atoms with E-state index in [0.717, 1.165) is 35.4 Å². The molecule has 0 aromatic heterocycles. The van der Waals surface area contributed by atoms with Gasteiger partial charge in [-0.25, -0.2) is 17.6 Å². The average molecular weight is 721 g/mol. The van der Waals surface area contributed by atoms with Crippen LogP contribution in [0.2, 0.25) is 0 Å². The minimum Gasteiger partial charge on any atom is -0.451 e. The van der Waals surface area contributed by atoms with E-state index in [1.165, 1.54) is 0 Å². The zero-order valence-corrected chi connectivity index (χ0v) is 27.9. The lowest BCUT2D eigenvalue weighted by atomic mass is 10.0. The fourth-order valence-electron chi connectivity index (χ4n) is 5.63. The summed E-state index contributed by atoms with van der Waals surface area (Å²) in [7, 11) is 0. The first-order valence-electron chi connectivity index (χ1n) is 16.3. The maximum absolute atomic E-state index is 15.4. The number of para-hydroxylation sites is 2. The van der Waals surface area contributed by atoms with Gasteiger partial charge in [0.1, 0.15) is 46.4 Å². The third-order valence-corrected chi connectivity index (χ3v) is 8.13. The van der Waals surface area contributed by atoms with Gasteiger partial charge in [-0.2, -0.15) is 10.5 Å². The molecule has 0 aliphatic carbocycles. The van der Waals surface area contributed by atoms with E-state index in [1.54, 1.807) is 48.5 Å². The minimum absolute atomic E-state index is 0.176. The van der Waals surface area contributed by atoms with Crippen molar-refractivity contribution < 1.29 is 36.5 Å². The van der Waals surface area contributed by atoms with Crippen molar-refractivity contribution in [3.63, 3.8) is 0 Å². The molecular weight excluding hydrogens is 696 g/mol. The summed E-state index contributed by atoms with van der Waals surface area (Å²) in [5, 5.41) is 21.4. The number of ether oxygens (including phenoxy) is 4. The number of benzene rings is 7. The third-order valence-electron chi connectivity index (χ3n) is 8.13. The third kappa shape index (κ3) is 7.13. The van der Waals surface area contributed by atoms with E-state index >= 15 is 8.78 Å². The van der Waals surface area contributed by atoms with Gasteiger partial charge in [-0.1, -0.05) is 97.1 Å². The highest BCUT2D eigenvalue weighted by Crippen LogP contribution is 2.56. The van der Waals surface area contributed by atoms with E-state index < -0.39 is 68.9 Å². The molecule has 0 unspecified atom stereocenters. The Hall–Kier alpha value is -7.56. The van der Waals surface area contributed by atoms with Gasteiger partial charge >= 0.3 is 0 Å². The van der Waals surface area contributed by atoms with Crippen molar-refractivity contribution in [2.75, 3.05) is 0 Å². The molecular formula is C44H24F4N2O4. The summed E-state index contributed by atoms with van der Waals surface area (Å²) in [6, 6.07) is 40.8. The second-order valence-electron chi connectivity index (χ2n) is 11.6. The van der Waals surface area contributed by atoms with Crippen molar-refractivity contribution in [1.82, 2.24) is 0 Å². The van der Waals surface area contributed by atoms with Crippen molar-refractivity contribution in [2.45, 2.75) is 0 Å². The summed E-state index contributed by atoms with van der Waals surface area (Å²) < 4.78 is 84.0. The molecule has 54 heavy (non-hydrogen) atoms. The smallest absolute Gasteiger partial charge is 0.217 e. The predicted molar refractivity (Wildman–Crippen MR) is 193 cm³/mol. The van der Waals surface area contributed by atoms with Gasteiger partial charge in [0.05, 0.1) is 0 Å². The van der Waals surface area contributed by atoms with E-state index in [4.69, 9.17) is 18.9 Å². The Morgan fingerprint density at radius 2 is 0.722 bits per heavy atom. The molecule has 262 valence electrons. The van der Waals surface area contributed by atoms with Crippen LogP contribution in [-0.2, 0) is 0 Å². The van der Waals surface area contributed by atoms with E-state index in [9.17, 15) is 19.3 Å². The molecule has 0 saturated carbocycles. The second-order valence-corrected chi connectivity index (χ2v) is 11.6. The highest BCUT2D eigenvalue weighted by atomic mass is 19.1. The molecule has 7 aromatic rings. The highest BCUT2D eigenvalue weighted by molar-refractivity contribution is 5.78. The predicted octanol–water partition coefficient (Wildman–Crippen LogP) is 12.5. The Morgan fingerprint density at radius 3 is 1.09 bits per heavy atom. The van der Waals surface area contributed by atoms with Gasteiger partial charge < -0.3 is 18.9 Å². The van der Waals surface area contributed by atoms with E-state index in [2.05, 4.69) is 0 Å². The summed E-state index contributed by atoms with van der Waals surface area (Å²) >= 11 is 0. The van der Waals surface area contributed by atoms with Gasteiger partial charge in [0.15, 0.2) is 34.6 Å². The van der Waals surface area contributed by atoms with Crippen LogP contribution in [0.25, 0.3) is 22.3 Å². The van der Waals surface area contributed by atoms with Gasteiger partial charge in [0.2, 0.25) is 11.5 Å². The topological polar surface area (TPSA) is 84.5 Å². The van der Waals surface area contributed by atoms with Crippen LogP contribution in [0.5, 0.6) is 46.0 Å². The Kier molecular flexibility index (Phi) is 9.92. The fourth-order valence-corrected chi connectivity index (χ4v) is 5.63. The second kappa shape index (κ2) is 15.4. The summed E-state index contributed by atoms with van der Waals surface area (Å²) in [6.07, 6.45) is 0. The molecule has 7 aromatic carbocycles. The summed E-state index contributed by atoms with van der Waals surface area (Å²) in [6.45, 7) is 0. The maximum Gasteiger partial charge on any atom is 0.217 e. The number of halogens is 4. The van der Waals surface area contributed by atoms with Crippen molar-refractivity contribution in [3.05, 3.63) is 180 Å². The van der Waals surface area contributed by atoms with Crippen LogP contribution in [0.3, 0.4) is 0 Å². The van der Waals surface area contributed by atoms with Crippen LogP contribution >= 0.6 is 0 Å². The van der Waals surface area contributed by atoms with Crippen molar-refractivity contribution in [1.29, 1.82) is 10.5 Å². The lowest BCUT2D eigenvalue weighted by Gasteiger charge is -2.23. The average Bonchev–Trinajstić information content (AvgIpc) is 3.19. The molecule has 0 atom stereocenters. The Labute approximate surface area is 306 Å². The van der Waals surface area contributed by atoms with Crippen LogP contribution in [0.1, 0.15) is 11.1 Å². The molecule has 0 spiro atoms. The monoisotopic (exact) mass is 720 g/mol. The summed E-state index contributed by atoms with van der Waals surface area (Å²) in [5.74, 6) is -6.83. The first-order valence-corrected chi connectivity index (χ1v) is 16.3. The molecule has 0 saturated heterocycles. The number of hydrogen-bond acceptors (Lipinski definition) is 6. The standard InChI is InChI=1S/C44H24F4N2O4/c45-29-19-21-39(35(47)23-29)53-43-41(51-37-17-9-7-15-31(37)27-11-3-1-4-12-27)33(25-49)34(26-50)42(44(43)54-40-22-20-30(46)24-36(40)48)52-38-18-10-8-16-32(38)28-13-5-2-6-14-28/h1-24H. The van der Waals surface area contributed by atoms with Crippen molar-refractivity contribution in [3.8, 4) is 80.4 Å². The number of nitrogens with zero attached hydrogens (tertiary/aromatic N) is 2. The molecule has 0 aliphatic rings. The van der Waals surface area contributed by atoms with Gasteiger partial charge in [-0.05, 0) is 47.5 Å². The first kappa shape index (κ1) is 34.9. The largest absolute Gasteiger partial charge is 0.451 e. The van der Waals surface area contributed by atoms with Crippen LogP contribution in [-0.4, -0.2) is 0 Å². The van der Waals surface area contributed by atoms with E-state index in [-0.39, 0.29) is 11.5 Å². The summed E-state index contributed by atoms with van der Waals surface area (Å²) in [5.41, 5.74) is 1.73. The molecule has 0 aliphatic heterocycles. The van der Waals surface area contributed by atoms with Gasteiger partial charge in [0.25, 0.3) is 0 Å². The quantitative estimate of drug-likeness (QED) is 0.131. The zero-order valence-electron chi connectivity index (χ0n) is 27.9. The molecule has 0 fully saturated rings. The van der Waals surface area contributed by atoms with Crippen molar-refractivity contribution >= 4 is 0 Å². The Bertz CT molecular complexity index is 2410. The molecule has 6 nitrogen and oxygen atoms in total. The SMILES string of the molecule is N#Cc1c(C#N)c(Oc2ccccc2-c2ccccc2)c(Oc2ccc(F)cc2F)c(Oc2ccc(F)cc2F)c1Oc1ccccc1-c1ccccc1. The Morgan fingerprint density at radius 1 is 0.370 bits per heavy atom. The fraction of sp³-hybridized carbons (Fsp3) is 0. The minimum atomic E-state index is -1.15. The van der Waals surface area contributed by atoms with Gasteiger partial charge in [-0.15, -0.1) is 0 Å². The zero-order chi connectivity index (χ0) is 37.6. The number of rotatable bonds is 10.